The van der Waals surface area contributed by atoms with Gasteiger partial charge in [0.25, 0.3) is 0 Å². The predicted octanol–water partition coefficient (Wildman–Crippen LogP) is 2.22. The predicted molar refractivity (Wildman–Crippen MR) is 47.4 cm³/mol. The van der Waals surface area contributed by atoms with Crippen molar-refractivity contribution in [3.63, 3.8) is 0 Å². The number of hydrogen-bond donors (Lipinski definition) is 0. The monoisotopic (exact) mass is 270 g/mol. The summed E-state index contributed by atoms with van der Waals surface area (Å²) in [7, 11) is 0. The normalized spacial score (nSPS) is 10.8. The zero-order valence-corrected chi connectivity index (χ0v) is 8.68. The molecule has 0 aliphatic rings. The quantitative estimate of drug-likeness (QED) is 0.447. The van der Waals surface area contributed by atoms with E-state index in [1.165, 1.54) is 0 Å². The van der Waals surface area contributed by atoms with Gasteiger partial charge < -0.3 is 4.74 Å². The summed E-state index contributed by atoms with van der Waals surface area (Å²) in [4.78, 5) is 10.7. The van der Waals surface area contributed by atoms with Gasteiger partial charge in [-0.05, 0) is 6.92 Å². The van der Waals surface area contributed by atoms with Gasteiger partial charge in [0.1, 0.15) is 6.61 Å². The fraction of sp³-hybridized carbons (Fsp3) is 0.500. The molecule has 0 rings (SSSR count). The number of halogens is 2. The molecular formula is C6H8Br2O2. The Morgan fingerprint density at radius 3 is 2.70 bits per heavy atom. The van der Waals surface area contributed by atoms with Crippen LogP contribution in [0.3, 0.4) is 0 Å². The number of carbonyl (C=O) groups excluding carboxylic acids is 1. The van der Waals surface area contributed by atoms with Crippen molar-refractivity contribution < 1.29 is 9.53 Å². The van der Waals surface area contributed by atoms with Gasteiger partial charge in [-0.15, -0.1) is 0 Å². The third kappa shape index (κ3) is 4.99. The summed E-state index contributed by atoms with van der Waals surface area (Å²) in [5, 5.41) is 0. The lowest BCUT2D eigenvalue weighted by atomic mass is 10.5. The first-order chi connectivity index (χ1) is 4.68. The lowest BCUT2D eigenvalue weighted by Gasteiger charge is -2.00. The van der Waals surface area contributed by atoms with Crippen LogP contribution < -0.4 is 0 Å². The standard InChI is InChI=1S/C6H8Br2O2/c1-2-3-4-10-6(9)5(7)8/h2-3,5H,4H2,1H3. The molecule has 0 heterocycles. The second kappa shape index (κ2) is 5.92. The maximum Gasteiger partial charge on any atom is 0.330 e. The van der Waals surface area contributed by atoms with Crippen LogP contribution in [0.5, 0.6) is 0 Å². The van der Waals surface area contributed by atoms with E-state index in [1.54, 1.807) is 6.08 Å². The highest BCUT2D eigenvalue weighted by Gasteiger charge is 2.09. The average Bonchev–Trinajstić information content (AvgIpc) is 1.88. The lowest BCUT2D eigenvalue weighted by Crippen LogP contribution is -2.11. The van der Waals surface area contributed by atoms with Gasteiger partial charge in [0.2, 0.25) is 0 Å². The van der Waals surface area contributed by atoms with E-state index in [1.807, 2.05) is 13.0 Å². The number of allylic oxidation sites excluding steroid dienone is 1. The molecule has 0 aromatic rings. The van der Waals surface area contributed by atoms with Gasteiger partial charge in [0, 0.05) is 0 Å². The average molecular weight is 272 g/mol. The van der Waals surface area contributed by atoms with Crippen LogP contribution in [-0.4, -0.2) is 16.3 Å². The maximum atomic E-state index is 10.7. The van der Waals surface area contributed by atoms with Crippen molar-refractivity contribution in [1.29, 1.82) is 0 Å². The van der Waals surface area contributed by atoms with E-state index in [0.29, 0.717) is 6.61 Å². The molecule has 0 radical (unpaired) electrons. The van der Waals surface area contributed by atoms with E-state index in [0.717, 1.165) is 0 Å². The Kier molecular flexibility index (Phi) is 6.02. The summed E-state index contributed by atoms with van der Waals surface area (Å²) in [5.74, 6) is -0.307. The molecule has 10 heavy (non-hydrogen) atoms. The number of rotatable bonds is 3. The maximum absolute atomic E-state index is 10.7. The summed E-state index contributed by atoms with van der Waals surface area (Å²) >= 11 is 6.02. The van der Waals surface area contributed by atoms with E-state index in [-0.39, 0.29) is 5.97 Å². The first-order valence-corrected chi connectivity index (χ1v) is 4.57. The number of alkyl halides is 2. The first-order valence-electron chi connectivity index (χ1n) is 2.74. The van der Waals surface area contributed by atoms with E-state index in [2.05, 4.69) is 31.9 Å². The highest BCUT2D eigenvalue weighted by Crippen LogP contribution is 2.09. The SMILES string of the molecule is CC=CCOC(=O)C(Br)Br. The molecule has 0 atom stereocenters. The van der Waals surface area contributed by atoms with Crippen molar-refractivity contribution in [1.82, 2.24) is 0 Å². The third-order valence-corrected chi connectivity index (χ3v) is 1.48. The Labute approximate surface area is 76.9 Å². The van der Waals surface area contributed by atoms with Crippen molar-refractivity contribution in [3.8, 4) is 0 Å². The van der Waals surface area contributed by atoms with E-state index >= 15 is 0 Å². The molecule has 0 unspecified atom stereocenters. The second-order valence-electron chi connectivity index (χ2n) is 1.50. The summed E-state index contributed by atoms with van der Waals surface area (Å²) < 4.78 is 4.33. The van der Waals surface area contributed by atoms with Crippen LogP contribution in [0, 0.1) is 0 Å². The van der Waals surface area contributed by atoms with Crippen LogP contribution in [0.2, 0.25) is 0 Å². The molecule has 0 bridgehead atoms. The molecule has 0 aliphatic heterocycles. The molecule has 4 heteroatoms. The lowest BCUT2D eigenvalue weighted by molar-refractivity contribution is -0.139. The molecule has 0 saturated carbocycles. The number of esters is 1. The van der Waals surface area contributed by atoms with Crippen LogP contribution in [0.4, 0.5) is 0 Å². The van der Waals surface area contributed by atoms with Crippen LogP contribution in [0.25, 0.3) is 0 Å². The largest absolute Gasteiger partial charge is 0.460 e. The van der Waals surface area contributed by atoms with E-state index in [4.69, 9.17) is 4.74 Å². The van der Waals surface area contributed by atoms with Gasteiger partial charge in [0.05, 0.1) is 0 Å². The van der Waals surface area contributed by atoms with Gasteiger partial charge >= 0.3 is 5.97 Å². The Balaban J connectivity index is 3.40. The Bertz CT molecular complexity index is 132. The third-order valence-electron chi connectivity index (χ3n) is 0.736. The molecule has 0 N–H and O–H groups in total. The topological polar surface area (TPSA) is 26.3 Å². The molecule has 0 aromatic carbocycles. The summed E-state index contributed by atoms with van der Waals surface area (Å²) in [6.45, 7) is 2.20. The van der Waals surface area contributed by atoms with Crippen molar-refractivity contribution in [2.24, 2.45) is 0 Å². The minimum atomic E-state index is -0.398. The first kappa shape index (κ1) is 10.2. The van der Waals surface area contributed by atoms with Gasteiger partial charge in [-0.3, -0.25) is 0 Å². The molecule has 0 aliphatic carbocycles. The molecular weight excluding hydrogens is 264 g/mol. The second-order valence-corrected chi connectivity index (χ2v) is 4.56. The molecule has 0 fully saturated rings. The zero-order valence-electron chi connectivity index (χ0n) is 5.51. The molecule has 0 amide bonds. The fourth-order valence-electron chi connectivity index (χ4n) is 0.289. The fourth-order valence-corrected chi connectivity index (χ4v) is 0.554. The molecule has 0 saturated heterocycles. The van der Waals surface area contributed by atoms with Gasteiger partial charge in [-0.25, -0.2) is 4.79 Å². The van der Waals surface area contributed by atoms with Crippen LogP contribution >= 0.6 is 31.9 Å². The van der Waals surface area contributed by atoms with Crippen LogP contribution in [0.1, 0.15) is 6.92 Å². The van der Waals surface area contributed by atoms with Crippen molar-refractivity contribution in [2.75, 3.05) is 6.61 Å². The van der Waals surface area contributed by atoms with E-state index in [9.17, 15) is 4.79 Å². The molecule has 58 valence electrons. The van der Waals surface area contributed by atoms with Crippen molar-refractivity contribution >= 4 is 37.8 Å². The van der Waals surface area contributed by atoms with Gasteiger partial charge in [0.15, 0.2) is 3.74 Å². The summed E-state index contributed by atoms with van der Waals surface area (Å²) in [6, 6.07) is 0. The smallest absolute Gasteiger partial charge is 0.330 e. The molecule has 0 aromatic heterocycles. The Morgan fingerprint density at radius 1 is 1.70 bits per heavy atom. The molecule has 2 nitrogen and oxygen atoms in total. The van der Waals surface area contributed by atoms with Crippen molar-refractivity contribution in [3.05, 3.63) is 12.2 Å². The minimum absolute atomic E-state index is 0.307. The van der Waals surface area contributed by atoms with E-state index < -0.39 is 3.74 Å². The van der Waals surface area contributed by atoms with Crippen LogP contribution in [-0.2, 0) is 9.53 Å². The molecule has 0 spiro atoms. The van der Waals surface area contributed by atoms with Crippen LogP contribution in [0.15, 0.2) is 12.2 Å². The summed E-state index contributed by atoms with van der Waals surface area (Å²) in [5.41, 5.74) is 0. The zero-order chi connectivity index (χ0) is 7.98. The highest BCUT2D eigenvalue weighted by molar-refractivity contribution is 9.25. The van der Waals surface area contributed by atoms with Crippen molar-refractivity contribution in [2.45, 2.75) is 10.7 Å². The van der Waals surface area contributed by atoms with Gasteiger partial charge in [-0.2, -0.15) is 0 Å². The Hall–Kier alpha value is 0.170. The minimum Gasteiger partial charge on any atom is -0.460 e. The number of ether oxygens (including phenoxy) is 1. The summed E-state index contributed by atoms with van der Waals surface area (Å²) in [6.07, 6.45) is 3.59. The number of carbonyl (C=O) groups is 1. The Morgan fingerprint density at radius 2 is 2.30 bits per heavy atom. The number of hydrogen-bond acceptors (Lipinski definition) is 2. The van der Waals surface area contributed by atoms with Gasteiger partial charge in [-0.1, -0.05) is 44.0 Å². The highest BCUT2D eigenvalue weighted by atomic mass is 79.9.